The number of methoxy groups -OCH3 is 1. The van der Waals surface area contributed by atoms with Crippen LogP contribution in [0, 0.1) is 5.41 Å². The van der Waals surface area contributed by atoms with Gasteiger partial charge in [-0.15, -0.1) is 11.3 Å². The first kappa shape index (κ1) is 30.1. The highest BCUT2D eigenvalue weighted by Crippen LogP contribution is 2.39. The number of pyridine rings is 2. The van der Waals surface area contributed by atoms with Crippen LogP contribution in [0.25, 0.3) is 16.7 Å². The van der Waals surface area contributed by atoms with Crippen LogP contribution in [0.4, 0.5) is 10.7 Å². The van der Waals surface area contributed by atoms with Gasteiger partial charge < -0.3 is 19.9 Å². The van der Waals surface area contributed by atoms with Crippen molar-refractivity contribution in [1.82, 2.24) is 14.0 Å². The lowest BCUT2D eigenvalue weighted by Gasteiger charge is -2.15. The molecule has 2 amide bonds. The van der Waals surface area contributed by atoms with Gasteiger partial charge in [-0.25, -0.2) is 4.98 Å². The maximum atomic E-state index is 14.1. The van der Waals surface area contributed by atoms with Gasteiger partial charge in [0.2, 0.25) is 0 Å². The standard InChI is InChI=1S/C36H32N6O4S/c1-46-24-16-14-22(15-17-24)18-20-42-31(37)26(21-27-32(42)39-29-13-7-8-19-41(29)36(27)45)33(43)40-35-30(25-11-5-6-12-28(25)47-35)34(44)38-23-9-3-2-4-10-23/h2-4,7-10,13-17,19,21,37H,5-6,11-12,18,20H2,1H3,(H,38,44)(H,40,43). The number of hydrogen-bond acceptors (Lipinski definition) is 7. The van der Waals surface area contributed by atoms with Crippen molar-refractivity contribution in [3.05, 3.63) is 128 Å². The van der Waals surface area contributed by atoms with Crippen LogP contribution < -0.4 is 26.4 Å². The van der Waals surface area contributed by atoms with Gasteiger partial charge in [0.25, 0.3) is 17.4 Å². The number of aryl methyl sites for hydroxylation is 3. The molecule has 0 bridgehead atoms. The van der Waals surface area contributed by atoms with Crippen LogP contribution in [0.3, 0.4) is 0 Å². The number of fused-ring (bicyclic) bond motifs is 3. The molecule has 0 aliphatic heterocycles. The molecule has 4 heterocycles. The van der Waals surface area contributed by atoms with E-state index in [4.69, 9.17) is 9.72 Å². The molecule has 0 radical (unpaired) electrons. The highest BCUT2D eigenvalue weighted by atomic mass is 32.1. The molecule has 236 valence electrons. The van der Waals surface area contributed by atoms with Crippen LogP contribution in [0.2, 0.25) is 0 Å². The average molecular weight is 645 g/mol. The smallest absolute Gasteiger partial charge is 0.267 e. The van der Waals surface area contributed by atoms with E-state index in [0.29, 0.717) is 40.5 Å². The van der Waals surface area contributed by atoms with Crippen molar-refractivity contribution < 1.29 is 14.3 Å². The summed E-state index contributed by atoms with van der Waals surface area (Å²) in [6.07, 6.45) is 5.72. The van der Waals surface area contributed by atoms with E-state index in [1.165, 1.54) is 21.8 Å². The quantitative estimate of drug-likeness (QED) is 0.180. The zero-order valence-electron chi connectivity index (χ0n) is 25.7. The Morgan fingerprint density at radius 3 is 2.51 bits per heavy atom. The largest absolute Gasteiger partial charge is 0.497 e. The maximum absolute atomic E-state index is 14.1. The Bertz CT molecular complexity index is 2270. The van der Waals surface area contributed by atoms with E-state index < -0.39 is 5.91 Å². The molecule has 4 aromatic heterocycles. The molecular weight excluding hydrogens is 613 g/mol. The van der Waals surface area contributed by atoms with Crippen molar-refractivity contribution >= 4 is 50.5 Å². The van der Waals surface area contributed by atoms with E-state index in [-0.39, 0.29) is 27.9 Å². The van der Waals surface area contributed by atoms with E-state index >= 15 is 0 Å². The van der Waals surface area contributed by atoms with E-state index in [0.717, 1.165) is 47.4 Å². The molecule has 0 spiro atoms. The minimum atomic E-state index is -0.569. The number of rotatable bonds is 8. The van der Waals surface area contributed by atoms with Gasteiger partial charge in [0, 0.05) is 23.3 Å². The number of hydrogen-bond donors (Lipinski definition) is 3. The Morgan fingerprint density at radius 2 is 1.72 bits per heavy atom. The molecule has 0 saturated heterocycles. The van der Waals surface area contributed by atoms with Crippen LogP contribution in [0.15, 0.2) is 89.9 Å². The van der Waals surface area contributed by atoms with Crippen molar-refractivity contribution in [2.75, 3.05) is 17.7 Å². The Morgan fingerprint density at radius 1 is 0.957 bits per heavy atom. The van der Waals surface area contributed by atoms with Crippen molar-refractivity contribution in [1.29, 1.82) is 5.41 Å². The van der Waals surface area contributed by atoms with Crippen molar-refractivity contribution in [2.45, 2.75) is 38.6 Å². The molecule has 3 N–H and O–H groups in total. The molecule has 0 fully saturated rings. The molecule has 10 nitrogen and oxygen atoms in total. The van der Waals surface area contributed by atoms with Crippen molar-refractivity contribution in [3.8, 4) is 5.75 Å². The molecule has 7 rings (SSSR count). The summed E-state index contributed by atoms with van der Waals surface area (Å²) in [5.74, 6) is -0.126. The SMILES string of the molecule is COc1ccc(CCn2c(=N)c(C(=O)Nc3sc4c(c3C(=O)Nc3ccccc3)CCCC4)cc3c(=O)n4ccccc4nc32)cc1. The number of carbonyl (C=O) groups is 2. The lowest BCUT2D eigenvalue weighted by atomic mass is 9.95. The summed E-state index contributed by atoms with van der Waals surface area (Å²) in [5, 5.41) is 15.8. The second kappa shape index (κ2) is 12.7. The molecule has 1 aliphatic carbocycles. The van der Waals surface area contributed by atoms with Gasteiger partial charge >= 0.3 is 0 Å². The molecule has 1 aliphatic rings. The molecule has 2 aromatic carbocycles. The molecule has 47 heavy (non-hydrogen) atoms. The first-order valence-corrected chi connectivity index (χ1v) is 16.3. The Kier molecular flexibility index (Phi) is 8.13. The van der Waals surface area contributed by atoms with Gasteiger partial charge in [-0.05, 0) is 85.7 Å². The van der Waals surface area contributed by atoms with Crippen LogP contribution >= 0.6 is 11.3 Å². The summed E-state index contributed by atoms with van der Waals surface area (Å²) in [4.78, 5) is 47.3. The highest BCUT2D eigenvalue weighted by Gasteiger charge is 2.28. The van der Waals surface area contributed by atoms with Gasteiger partial charge in [-0.3, -0.25) is 24.2 Å². The van der Waals surface area contributed by atoms with Gasteiger partial charge in [-0.2, -0.15) is 0 Å². The number of nitrogens with zero attached hydrogens (tertiary/aromatic N) is 3. The van der Waals surface area contributed by atoms with E-state index in [1.807, 2.05) is 54.6 Å². The first-order valence-electron chi connectivity index (χ1n) is 15.5. The lowest BCUT2D eigenvalue weighted by Crippen LogP contribution is -2.32. The summed E-state index contributed by atoms with van der Waals surface area (Å²) in [7, 11) is 1.61. The fourth-order valence-electron chi connectivity index (χ4n) is 6.09. The average Bonchev–Trinajstić information content (AvgIpc) is 3.46. The number of para-hydroxylation sites is 1. The van der Waals surface area contributed by atoms with Gasteiger partial charge in [0.15, 0.2) is 0 Å². The third-order valence-corrected chi connectivity index (χ3v) is 9.71. The van der Waals surface area contributed by atoms with Gasteiger partial charge in [-0.1, -0.05) is 36.4 Å². The van der Waals surface area contributed by atoms with Gasteiger partial charge in [0.05, 0.1) is 23.6 Å². The zero-order chi connectivity index (χ0) is 32.5. The molecular formula is C36H32N6O4S. The summed E-state index contributed by atoms with van der Waals surface area (Å²) >= 11 is 1.40. The Hall–Kier alpha value is -5.55. The number of amides is 2. The Balaban J connectivity index is 1.30. The highest BCUT2D eigenvalue weighted by molar-refractivity contribution is 7.17. The molecule has 0 atom stereocenters. The third kappa shape index (κ3) is 5.81. The van der Waals surface area contributed by atoms with E-state index in [1.54, 1.807) is 36.1 Å². The number of carbonyl (C=O) groups excluding carboxylic acids is 2. The minimum absolute atomic E-state index is 0.0165. The second-order valence-corrected chi connectivity index (χ2v) is 12.5. The van der Waals surface area contributed by atoms with Crippen molar-refractivity contribution in [2.24, 2.45) is 0 Å². The van der Waals surface area contributed by atoms with Crippen LogP contribution in [-0.2, 0) is 25.8 Å². The monoisotopic (exact) mass is 644 g/mol. The summed E-state index contributed by atoms with van der Waals surface area (Å²) in [6, 6.07) is 23.6. The molecule has 11 heteroatoms. The lowest BCUT2D eigenvalue weighted by molar-refractivity contribution is 0.102. The minimum Gasteiger partial charge on any atom is -0.497 e. The van der Waals surface area contributed by atoms with Crippen LogP contribution in [0.1, 0.15) is 49.6 Å². The summed E-state index contributed by atoms with van der Waals surface area (Å²) in [6.45, 7) is 0.302. The fourth-order valence-corrected chi connectivity index (χ4v) is 7.37. The topological polar surface area (TPSA) is 131 Å². The van der Waals surface area contributed by atoms with Crippen LogP contribution in [0.5, 0.6) is 5.75 Å². The first-order chi connectivity index (χ1) is 22.9. The number of ether oxygens (including phenoxy) is 1. The van der Waals surface area contributed by atoms with Gasteiger partial charge in [0.1, 0.15) is 27.5 Å². The zero-order valence-corrected chi connectivity index (χ0v) is 26.5. The Labute approximate surface area is 273 Å². The number of thiophene rings is 1. The molecule has 0 unspecified atom stereocenters. The predicted molar refractivity (Wildman–Crippen MR) is 183 cm³/mol. The number of nitrogens with one attached hydrogen (secondary N) is 3. The van der Waals surface area contributed by atoms with E-state index in [9.17, 15) is 19.8 Å². The number of anilines is 2. The van der Waals surface area contributed by atoms with E-state index in [2.05, 4.69) is 10.6 Å². The summed E-state index contributed by atoms with van der Waals surface area (Å²) < 4.78 is 8.33. The van der Waals surface area contributed by atoms with Crippen molar-refractivity contribution in [3.63, 3.8) is 0 Å². The van der Waals surface area contributed by atoms with Crippen LogP contribution in [-0.4, -0.2) is 32.9 Å². The number of benzene rings is 2. The predicted octanol–water partition coefficient (Wildman–Crippen LogP) is 5.82. The summed E-state index contributed by atoms with van der Waals surface area (Å²) in [5.41, 5.74) is 3.43. The maximum Gasteiger partial charge on any atom is 0.267 e. The third-order valence-electron chi connectivity index (χ3n) is 8.50. The number of aromatic nitrogens is 3. The molecule has 0 saturated carbocycles. The fraction of sp³-hybridized carbons (Fsp3) is 0.194. The second-order valence-electron chi connectivity index (χ2n) is 11.4. The molecule has 6 aromatic rings. The normalized spacial score (nSPS) is 12.5.